The summed E-state index contributed by atoms with van der Waals surface area (Å²) in [6.07, 6.45) is 1.84. The first-order valence-electron chi connectivity index (χ1n) is 10.9. The SMILES string of the molecule is CN=C(NCCN(C)C(=O)OC(C)(C)C)NC1CCN(Cc2ccccc2)C(C)C1. The van der Waals surface area contributed by atoms with Crippen LogP contribution in [0.4, 0.5) is 4.79 Å². The lowest BCUT2D eigenvalue weighted by atomic mass is 9.97. The Bertz CT molecular complexity index is 687. The Morgan fingerprint density at radius 2 is 2.00 bits per heavy atom. The predicted octanol–water partition coefficient (Wildman–Crippen LogP) is 3.07. The lowest BCUT2D eigenvalue weighted by molar-refractivity contribution is 0.0302. The molecule has 7 heteroatoms. The van der Waals surface area contributed by atoms with Gasteiger partial charge in [-0.05, 0) is 46.1 Å². The van der Waals surface area contributed by atoms with E-state index in [1.807, 2.05) is 20.8 Å². The monoisotopic (exact) mass is 417 g/mol. The number of benzene rings is 1. The zero-order valence-electron chi connectivity index (χ0n) is 19.4. The van der Waals surface area contributed by atoms with Crippen LogP contribution >= 0.6 is 0 Å². The van der Waals surface area contributed by atoms with Crippen LogP contribution in [0.25, 0.3) is 0 Å². The number of carbonyl (C=O) groups excluding carboxylic acids is 1. The lowest BCUT2D eigenvalue weighted by Crippen LogP contribution is -2.52. The summed E-state index contributed by atoms with van der Waals surface area (Å²) in [5.41, 5.74) is 0.880. The Labute approximate surface area is 181 Å². The number of hydrogen-bond acceptors (Lipinski definition) is 4. The average molecular weight is 418 g/mol. The molecule has 1 amide bonds. The zero-order chi connectivity index (χ0) is 22.1. The minimum atomic E-state index is -0.484. The third-order valence-electron chi connectivity index (χ3n) is 5.25. The Balaban J connectivity index is 1.73. The molecule has 0 aromatic heterocycles. The molecule has 2 rings (SSSR count). The second-order valence-electron chi connectivity index (χ2n) is 9.07. The summed E-state index contributed by atoms with van der Waals surface area (Å²) in [6, 6.07) is 11.5. The first kappa shape index (κ1) is 24.0. The Kier molecular flexibility index (Phi) is 8.96. The number of rotatable bonds is 6. The van der Waals surface area contributed by atoms with Gasteiger partial charge in [-0.15, -0.1) is 0 Å². The van der Waals surface area contributed by atoms with Crippen LogP contribution in [0.5, 0.6) is 0 Å². The maximum Gasteiger partial charge on any atom is 0.410 e. The largest absolute Gasteiger partial charge is 0.444 e. The number of guanidine groups is 1. The fourth-order valence-corrected chi connectivity index (χ4v) is 3.57. The van der Waals surface area contributed by atoms with Crippen LogP contribution in [-0.2, 0) is 11.3 Å². The lowest BCUT2D eigenvalue weighted by Gasteiger charge is -2.38. The van der Waals surface area contributed by atoms with Gasteiger partial charge in [0.15, 0.2) is 5.96 Å². The van der Waals surface area contributed by atoms with E-state index in [1.54, 1.807) is 19.0 Å². The molecule has 1 aliphatic rings. The molecule has 1 aromatic rings. The quantitative estimate of drug-likeness (QED) is 0.550. The van der Waals surface area contributed by atoms with E-state index in [9.17, 15) is 4.79 Å². The van der Waals surface area contributed by atoms with E-state index >= 15 is 0 Å². The molecular formula is C23H39N5O2. The minimum absolute atomic E-state index is 0.313. The topological polar surface area (TPSA) is 69.2 Å². The molecule has 0 aliphatic carbocycles. The van der Waals surface area contributed by atoms with E-state index in [4.69, 9.17) is 4.74 Å². The maximum absolute atomic E-state index is 12.0. The second kappa shape index (κ2) is 11.2. The van der Waals surface area contributed by atoms with Gasteiger partial charge in [-0.2, -0.15) is 0 Å². The molecule has 2 N–H and O–H groups in total. The van der Waals surface area contributed by atoms with Gasteiger partial charge in [0.05, 0.1) is 0 Å². The molecule has 1 heterocycles. The van der Waals surface area contributed by atoms with Crippen molar-refractivity contribution in [3.05, 3.63) is 35.9 Å². The zero-order valence-corrected chi connectivity index (χ0v) is 19.4. The van der Waals surface area contributed by atoms with E-state index in [-0.39, 0.29) is 6.09 Å². The fraction of sp³-hybridized carbons (Fsp3) is 0.652. The number of likely N-dealkylation sites (N-methyl/N-ethyl adjacent to an activating group) is 1. The highest BCUT2D eigenvalue weighted by atomic mass is 16.6. The normalized spacial score (nSPS) is 20.5. The number of ether oxygens (including phenoxy) is 1. The van der Waals surface area contributed by atoms with Crippen molar-refractivity contribution in [3.63, 3.8) is 0 Å². The van der Waals surface area contributed by atoms with Crippen LogP contribution in [0.3, 0.4) is 0 Å². The molecule has 2 atom stereocenters. The van der Waals surface area contributed by atoms with E-state index < -0.39 is 5.60 Å². The van der Waals surface area contributed by atoms with Gasteiger partial charge < -0.3 is 20.3 Å². The molecule has 1 aromatic carbocycles. The van der Waals surface area contributed by atoms with E-state index in [2.05, 4.69) is 57.8 Å². The van der Waals surface area contributed by atoms with Gasteiger partial charge in [-0.25, -0.2) is 4.79 Å². The Morgan fingerprint density at radius 1 is 1.30 bits per heavy atom. The third kappa shape index (κ3) is 8.22. The van der Waals surface area contributed by atoms with E-state index in [1.165, 1.54) is 5.56 Å². The van der Waals surface area contributed by atoms with Crippen LogP contribution in [0.1, 0.15) is 46.1 Å². The summed E-state index contributed by atoms with van der Waals surface area (Å²) in [6.45, 7) is 11.1. The van der Waals surface area contributed by atoms with Crippen molar-refractivity contribution in [2.45, 2.75) is 64.8 Å². The summed E-state index contributed by atoms with van der Waals surface area (Å²) < 4.78 is 5.38. The number of nitrogens with zero attached hydrogens (tertiary/aromatic N) is 3. The molecule has 1 fully saturated rings. The van der Waals surface area contributed by atoms with Gasteiger partial charge in [-0.1, -0.05) is 30.3 Å². The fourth-order valence-electron chi connectivity index (χ4n) is 3.57. The smallest absolute Gasteiger partial charge is 0.410 e. The first-order chi connectivity index (χ1) is 14.2. The van der Waals surface area contributed by atoms with Crippen molar-refractivity contribution in [2.24, 2.45) is 4.99 Å². The highest BCUT2D eigenvalue weighted by Gasteiger charge is 2.26. The number of amides is 1. The van der Waals surface area contributed by atoms with Crippen LogP contribution in [-0.4, -0.2) is 73.3 Å². The molecule has 0 bridgehead atoms. The number of carbonyl (C=O) groups is 1. The van der Waals surface area contributed by atoms with Crippen molar-refractivity contribution in [1.29, 1.82) is 0 Å². The number of piperidine rings is 1. The number of hydrogen-bond donors (Lipinski definition) is 2. The van der Waals surface area contributed by atoms with Crippen molar-refractivity contribution >= 4 is 12.1 Å². The van der Waals surface area contributed by atoms with Gasteiger partial charge in [-0.3, -0.25) is 9.89 Å². The molecule has 0 saturated carbocycles. The molecule has 0 spiro atoms. The highest BCUT2D eigenvalue weighted by molar-refractivity contribution is 5.80. The summed E-state index contributed by atoms with van der Waals surface area (Å²) in [7, 11) is 3.52. The van der Waals surface area contributed by atoms with Crippen LogP contribution in [0, 0.1) is 0 Å². The standard InChI is InChI=1S/C23H39N5O2/c1-18-16-20(12-14-28(18)17-19-10-8-7-9-11-19)26-21(24-5)25-13-15-27(6)22(29)30-23(2,3)4/h7-11,18,20H,12-17H2,1-6H3,(H2,24,25,26). The van der Waals surface area contributed by atoms with Gasteiger partial charge in [0.2, 0.25) is 0 Å². The van der Waals surface area contributed by atoms with Crippen LogP contribution in [0.15, 0.2) is 35.3 Å². The average Bonchev–Trinajstić information content (AvgIpc) is 2.68. The van der Waals surface area contributed by atoms with E-state index in [0.29, 0.717) is 25.2 Å². The Morgan fingerprint density at radius 3 is 2.60 bits per heavy atom. The summed E-state index contributed by atoms with van der Waals surface area (Å²) in [5, 5.41) is 6.85. The molecule has 2 unspecified atom stereocenters. The van der Waals surface area contributed by atoms with Crippen molar-refractivity contribution in [3.8, 4) is 0 Å². The number of likely N-dealkylation sites (tertiary alicyclic amines) is 1. The van der Waals surface area contributed by atoms with Gasteiger partial charge in [0, 0.05) is 52.4 Å². The summed E-state index contributed by atoms with van der Waals surface area (Å²) in [4.78, 5) is 20.5. The van der Waals surface area contributed by atoms with Gasteiger partial charge in [0.1, 0.15) is 5.60 Å². The first-order valence-corrected chi connectivity index (χ1v) is 10.9. The van der Waals surface area contributed by atoms with Crippen LogP contribution in [0.2, 0.25) is 0 Å². The molecule has 30 heavy (non-hydrogen) atoms. The molecule has 1 saturated heterocycles. The highest BCUT2D eigenvalue weighted by Crippen LogP contribution is 2.19. The molecular weight excluding hydrogens is 378 g/mol. The van der Waals surface area contributed by atoms with Gasteiger partial charge >= 0.3 is 6.09 Å². The minimum Gasteiger partial charge on any atom is -0.444 e. The molecule has 168 valence electrons. The van der Waals surface area contributed by atoms with Gasteiger partial charge in [0.25, 0.3) is 0 Å². The van der Waals surface area contributed by atoms with Crippen molar-refractivity contribution in [1.82, 2.24) is 20.4 Å². The maximum atomic E-state index is 12.0. The molecule has 1 aliphatic heterocycles. The second-order valence-corrected chi connectivity index (χ2v) is 9.07. The van der Waals surface area contributed by atoms with Crippen molar-refractivity contribution in [2.75, 3.05) is 33.7 Å². The third-order valence-corrected chi connectivity index (χ3v) is 5.25. The summed E-state index contributed by atoms with van der Waals surface area (Å²) in [5.74, 6) is 0.779. The van der Waals surface area contributed by atoms with E-state index in [0.717, 1.165) is 31.9 Å². The number of nitrogens with one attached hydrogen (secondary N) is 2. The van der Waals surface area contributed by atoms with Crippen molar-refractivity contribution < 1.29 is 9.53 Å². The predicted molar refractivity (Wildman–Crippen MR) is 123 cm³/mol. The van der Waals surface area contributed by atoms with Crippen LogP contribution < -0.4 is 10.6 Å². The Hall–Kier alpha value is -2.28. The molecule has 7 nitrogen and oxygen atoms in total. The number of aliphatic imine (C=N–C) groups is 1. The molecule has 0 radical (unpaired) electrons. The summed E-state index contributed by atoms with van der Waals surface area (Å²) >= 11 is 0.